The van der Waals surface area contributed by atoms with Crippen molar-refractivity contribution in [1.29, 1.82) is 0 Å². The van der Waals surface area contributed by atoms with E-state index in [2.05, 4.69) is 20.8 Å². The van der Waals surface area contributed by atoms with Crippen LogP contribution in [-0.4, -0.2) is 50.7 Å². The maximum atomic E-state index is 15.7. The Morgan fingerprint density at radius 2 is 2.00 bits per heavy atom. The van der Waals surface area contributed by atoms with Gasteiger partial charge in [-0.05, 0) is 94.2 Å². The van der Waals surface area contributed by atoms with Crippen molar-refractivity contribution in [3.63, 3.8) is 0 Å². The fourth-order valence-corrected chi connectivity index (χ4v) is 6.69. The number of nitrogens with one attached hydrogen (secondary N) is 1. The fraction of sp³-hybridized carbons (Fsp3) is 0.406. The molecule has 0 spiro atoms. The van der Waals surface area contributed by atoms with E-state index in [0.717, 1.165) is 64.4 Å². The molecule has 1 aromatic heterocycles. The molecule has 220 valence electrons. The lowest BCUT2D eigenvalue weighted by atomic mass is 9.85. The van der Waals surface area contributed by atoms with E-state index in [1.807, 2.05) is 40.7 Å². The Labute approximate surface area is 248 Å². The molecule has 2 aromatic rings. The van der Waals surface area contributed by atoms with Gasteiger partial charge in [0.15, 0.2) is 17.7 Å². The van der Waals surface area contributed by atoms with Crippen LogP contribution in [0, 0.1) is 19.7 Å². The summed E-state index contributed by atoms with van der Waals surface area (Å²) in [5.74, 6) is -0.597. The maximum Gasteiger partial charge on any atom is 0.337 e. The molecule has 1 aromatic carbocycles. The largest absolute Gasteiger partial charge is 0.490 e. The van der Waals surface area contributed by atoms with Crippen molar-refractivity contribution in [3.8, 4) is 38.7 Å². The first-order valence-electron chi connectivity index (χ1n) is 14.2. The van der Waals surface area contributed by atoms with E-state index in [1.54, 1.807) is 6.08 Å². The lowest BCUT2D eigenvalue weighted by molar-refractivity contribution is -0.160. The summed E-state index contributed by atoms with van der Waals surface area (Å²) >= 11 is 1.32. The van der Waals surface area contributed by atoms with Gasteiger partial charge in [0.25, 0.3) is 0 Å². The molecule has 0 amide bonds. The lowest BCUT2D eigenvalue weighted by Gasteiger charge is -2.30. The lowest BCUT2D eigenvalue weighted by Crippen LogP contribution is -2.37. The van der Waals surface area contributed by atoms with Crippen molar-refractivity contribution in [2.24, 2.45) is 0 Å². The van der Waals surface area contributed by atoms with Crippen molar-refractivity contribution >= 4 is 29.5 Å². The van der Waals surface area contributed by atoms with Gasteiger partial charge in [-0.1, -0.05) is 12.7 Å². The van der Waals surface area contributed by atoms with E-state index < -0.39 is 23.5 Å². The quantitative estimate of drug-likeness (QED) is 0.235. The predicted molar refractivity (Wildman–Crippen MR) is 163 cm³/mol. The molecular formula is C32H35FN4O4S. The summed E-state index contributed by atoms with van der Waals surface area (Å²) in [7, 11) is 0. The van der Waals surface area contributed by atoms with E-state index in [0.29, 0.717) is 41.4 Å². The molecule has 1 aliphatic carbocycles. The number of aliphatic carboxylic acids is 1. The average molecular weight is 591 g/mol. The number of rotatable bonds is 7. The van der Waals surface area contributed by atoms with Gasteiger partial charge in [-0.15, -0.1) is 0 Å². The first-order valence-corrected chi connectivity index (χ1v) is 15.0. The van der Waals surface area contributed by atoms with Crippen LogP contribution in [0.15, 0.2) is 18.7 Å². The zero-order chi connectivity index (χ0) is 29.9. The zero-order valence-electron chi connectivity index (χ0n) is 24.6. The van der Waals surface area contributed by atoms with Crippen LogP contribution in [0.3, 0.4) is 0 Å². The van der Waals surface area contributed by atoms with Crippen LogP contribution in [0.5, 0.6) is 5.75 Å². The number of carbonyl (C=O) groups is 1. The third-order valence-electron chi connectivity index (χ3n) is 8.02. The minimum atomic E-state index is -1.31. The normalized spacial score (nSPS) is 15.7. The molecule has 4 aliphatic rings. The van der Waals surface area contributed by atoms with Gasteiger partial charge in [0, 0.05) is 46.6 Å². The number of carboxylic acids is 1. The van der Waals surface area contributed by atoms with Gasteiger partial charge in [0.05, 0.1) is 17.9 Å². The number of aryl methyl sites for hydroxylation is 1. The molecule has 10 heteroatoms. The van der Waals surface area contributed by atoms with Crippen molar-refractivity contribution in [2.75, 3.05) is 24.6 Å². The Balaban J connectivity index is 1.67. The SMILES string of the molecule is C=Cc1c(-c2nc(N3CCC3)ns2)cc2c(-c3cc(F)c4c(c3C)CCCO4)c(C(OC(C)(C)C)C(=O)O)c(C)[nH]c1-2. The van der Waals surface area contributed by atoms with Gasteiger partial charge in [-0.25, -0.2) is 9.18 Å². The van der Waals surface area contributed by atoms with Crippen molar-refractivity contribution in [2.45, 2.75) is 65.6 Å². The molecule has 0 saturated carbocycles. The number of hydrogen-bond donors (Lipinski definition) is 2. The highest BCUT2D eigenvalue weighted by atomic mass is 32.1. The Bertz CT molecular complexity index is 1680. The molecule has 3 aliphatic heterocycles. The van der Waals surface area contributed by atoms with E-state index in [1.165, 1.54) is 17.6 Å². The summed E-state index contributed by atoms with van der Waals surface area (Å²) in [6, 6.07) is 3.46. The van der Waals surface area contributed by atoms with Crippen LogP contribution in [0.25, 0.3) is 39.0 Å². The molecule has 1 fully saturated rings. The van der Waals surface area contributed by atoms with Crippen LogP contribution in [0.4, 0.5) is 10.3 Å². The molecule has 0 bridgehead atoms. The number of carboxylic acid groups (broad SMARTS) is 1. The van der Waals surface area contributed by atoms with E-state index in [4.69, 9.17) is 14.5 Å². The monoisotopic (exact) mass is 590 g/mol. The Hall–Kier alpha value is -3.76. The molecule has 4 heterocycles. The summed E-state index contributed by atoms with van der Waals surface area (Å²) < 4.78 is 32.2. The van der Waals surface area contributed by atoms with Gasteiger partial charge < -0.3 is 24.5 Å². The van der Waals surface area contributed by atoms with Crippen LogP contribution in [0.1, 0.15) is 67.7 Å². The third kappa shape index (κ3) is 4.76. The molecule has 1 unspecified atom stereocenters. The fourth-order valence-electron chi connectivity index (χ4n) is 5.97. The molecule has 42 heavy (non-hydrogen) atoms. The van der Waals surface area contributed by atoms with Crippen molar-refractivity contribution < 1.29 is 23.8 Å². The van der Waals surface area contributed by atoms with E-state index >= 15 is 4.39 Å². The number of anilines is 1. The minimum absolute atomic E-state index is 0.280. The molecule has 2 N–H and O–H groups in total. The number of benzene rings is 1. The van der Waals surface area contributed by atoms with Gasteiger partial charge >= 0.3 is 5.97 Å². The number of halogens is 1. The van der Waals surface area contributed by atoms with Gasteiger partial charge in [-0.3, -0.25) is 0 Å². The summed E-state index contributed by atoms with van der Waals surface area (Å²) in [5, 5.41) is 11.2. The highest BCUT2D eigenvalue weighted by molar-refractivity contribution is 7.09. The third-order valence-corrected chi connectivity index (χ3v) is 8.76. The number of ether oxygens (including phenoxy) is 2. The first kappa shape index (κ1) is 28.4. The average Bonchev–Trinajstić information content (AvgIpc) is 3.52. The summed E-state index contributed by atoms with van der Waals surface area (Å²) in [4.78, 5) is 23.2. The second-order valence-electron chi connectivity index (χ2n) is 12.0. The van der Waals surface area contributed by atoms with E-state index in [-0.39, 0.29) is 5.75 Å². The Morgan fingerprint density at radius 3 is 2.64 bits per heavy atom. The molecule has 1 atom stereocenters. The van der Waals surface area contributed by atoms with Gasteiger partial charge in [0.1, 0.15) is 5.01 Å². The van der Waals surface area contributed by atoms with Gasteiger partial charge in [-0.2, -0.15) is 9.36 Å². The molecule has 6 rings (SSSR count). The highest BCUT2D eigenvalue weighted by Crippen LogP contribution is 2.50. The first-order chi connectivity index (χ1) is 20.0. The molecule has 1 saturated heterocycles. The Morgan fingerprint density at radius 1 is 1.24 bits per heavy atom. The molecule has 0 radical (unpaired) electrons. The van der Waals surface area contributed by atoms with Crippen LogP contribution in [-0.2, 0) is 16.0 Å². The standard InChI is InChI=1S/C32H35FN4O4S/c1-7-18-21(29-35-31(36-42-29)37-11-9-12-37)14-22-25(20-15-23(33)27-19(16(20)2)10-8-13-40-27)24(17(3)34-26(18)22)28(30(38)39)41-32(4,5)6/h7,14-15,28,34H,1,8-13H2,2-6H3,(H,38,39). The maximum absolute atomic E-state index is 15.7. The number of nitrogens with zero attached hydrogens (tertiary/aromatic N) is 3. The number of aromatic amines is 1. The second kappa shape index (κ2) is 10.5. The van der Waals surface area contributed by atoms with Gasteiger partial charge in [0.2, 0.25) is 5.95 Å². The smallest absolute Gasteiger partial charge is 0.337 e. The summed E-state index contributed by atoms with van der Waals surface area (Å²) in [6.07, 6.45) is 3.05. The zero-order valence-corrected chi connectivity index (χ0v) is 25.4. The number of pyridine rings is 1. The number of H-pyrrole nitrogens is 1. The number of fused-ring (bicyclic) bond motifs is 2. The topological polar surface area (TPSA) is 101 Å². The van der Waals surface area contributed by atoms with Crippen LogP contribution in [0.2, 0.25) is 0 Å². The van der Waals surface area contributed by atoms with Crippen molar-refractivity contribution in [3.05, 3.63) is 52.5 Å². The number of aromatic nitrogens is 3. The second-order valence-corrected chi connectivity index (χ2v) is 12.7. The minimum Gasteiger partial charge on any atom is -0.490 e. The highest BCUT2D eigenvalue weighted by Gasteiger charge is 2.36. The Kier molecular flexibility index (Phi) is 7.09. The molecule has 8 nitrogen and oxygen atoms in total. The summed E-state index contributed by atoms with van der Waals surface area (Å²) in [6.45, 7) is 15.7. The number of hydrogen-bond acceptors (Lipinski definition) is 7. The predicted octanol–water partition coefficient (Wildman–Crippen LogP) is 7.18. The van der Waals surface area contributed by atoms with Crippen molar-refractivity contribution in [1.82, 2.24) is 14.3 Å². The van der Waals surface area contributed by atoms with Crippen LogP contribution >= 0.6 is 11.5 Å². The van der Waals surface area contributed by atoms with Crippen LogP contribution < -0.4 is 9.64 Å². The summed E-state index contributed by atoms with van der Waals surface area (Å²) in [5.41, 5.74) is 6.38. The molecular weight excluding hydrogens is 555 g/mol. The van der Waals surface area contributed by atoms with E-state index in [9.17, 15) is 9.90 Å².